The van der Waals surface area contributed by atoms with Gasteiger partial charge in [0.2, 0.25) is 9.84 Å². The van der Waals surface area contributed by atoms with Gasteiger partial charge in [-0.15, -0.1) is 11.3 Å². The van der Waals surface area contributed by atoms with Gasteiger partial charge in [-0.05, 0) is 44.5 Å². The molecule has 10 heteroatoms. The van der Waals surface area contributed by atoms with Crippen molar-refractivity contribution in [1.82, 2.24) is 0 Å². The fraction of sp³-hybridized carbons (Fsp3) is 0.143. The molecule has 0 bridgehead atoms. The van der Waals surface area contributed by atoms with Crippen molar-refractivity contribution in [2.45, 2.75) is 20.5 Å². The van der Waals surface area contributed by atoms with Crippen LogP contribution in [0.2, 0.25) is 0 Å². The summed E-state index contributed by atoms with van der Waals surface area (Å²) in [6, 6.07) is 7.03. The Morgan fingerprint density at radius 1 is 1.17 bits per heavy atom. The van der Waals surface area contributed by atoms with Crippen LogP contribution in [0.4, 0.5) is 0 Å². The fourth-order valence-corrected chi connectivity index (χ4v) is 5.77. The first-order chi connectivity index (χ1) is 11.2. The first-order valence-electron chi connectivity index (χ1n) is 6.36. The highest BCUT2D eigenvalue weighted by Gasteiger charge is 2.23. The lowest BCUT2D eigenvalue weighted by Crippen LogP contribution is -2.04. The number of thiophene rings is 1. The average molecular weight is 513 g/mol. The zero-order valence-electron chi connectivity index (χ0n) is 12.3. The number of hydrogen-bond acceptors (Lipinski definition) is 7. The van der Waals surface area contributed by atoms with Crippen LogP contribution in [0.25, 0.3) is 0 Å². The zero-order valence-corrected chi connectivity index (χ0v) is 17.7. The molecule has 2 N–H and O–H groups in total. The highest BCUT2D eigenvalue weighted by molar-refractivity contribution is 14.2. The Hall–Kier alpha value is -0.580. The molecular weight excluding hydrogens is 501 g/mol. The predicted molar refractivity (Wildman–Crippen MR) is 106 cm³/mol. The third-order valence-corrected chi connectivity index (χ3v) is 8.22. The molecule has 5 nitrogen and oxygen atoms in total. The van der Waals surface area contributed by atoms with Crippen LogP contribution in [0.1, 0.15) is 10.4 Å². The lowest BCUT2D eigenvalue weighted by atomic mass is 10.2. The highest BCUT2D eigenvalue weighted by atomic mass is 127. The van der Waals surface area contributed by atoms with E-state index in [1.165, 1.54) is 27.1 Å². The van der Waals surface area contributed by atoms with E-state index in [1.54, 1.807) is 6.07 Å². The molecule has 0 spiro atoms. The van der Waals surface area contributed by atoms with E-state index in [-0.39, 0.29) is 20.5 Å². The first kappa shape index (κ1) is 19.7. The van der Waals surface area contributed by atoms with Crippen molar-refractivity contribution in [3.05, 3.63) is 40.8 Å². The second-order valence-corrected chi connectivity index (χ2v) is 11.7. The molecule has 0 fully saturated rings. The van der Waals surface area contributed by atoms with Crippen LogP contribution in [0.5, 0.6) is 0 Å². The van der Waals surface area contributed by atoms with E-state index in [0.717, 1.165) is 28.5 Å². The van der Waals surface area contributed by atoms with Crippen molar-refractivity contribution < 1.29 is 16.8 Å². The normalized spacial score (nSPS) is 11.8. The SMILES string of the molecule is CS(=O)(=O)c1cc(C#CSI)cc(S(=O)(=O)c2ccc(CN)s2)c1. The maximum Gasteiger partial charge on any atom is 0.216 e. The van der Waals surface area contributed by atoms with Crippen molar-refractivity contribution in [1.29, 1.82) is 0 Å². The van der Waals surface area contributed by atoms with Gasteiger partial charge in [0.15, 0.2) is 9.84 Å². The number of nitrogens with two attached hydrogens (primary N) is 1. The summed E-state index contributed by atoms with van der Waals surface area (Å²) in [6.45, 7) is 0.243. The molecule has 0 aliphatic carbocycles. The molecule has 2 rings (SSSR count). The monoisotopic (exact) mass is 513 g/mol. The van der Waals surface area contributed by atoms with Crippen LogP contribution in [-0.2, 0) is 26.2 Å². The van der Waals surface area contributed by atoms with E-state index in [0.29, 0.717) is 5.56 Å². The number of sulfone groups is 2. The van der Waals surface area contributed by atoms with Gasteiger partial charge >= 0.3 is 0 Å². The van der Waals surface area contributed by atoms with E-state index < -0.39 is 19.7 Å². The average Bonchev–Trinajstić information content (AvgIpc) is 3.01. The molecule has 0 atom stereocenters. The summed E-state index contributed by atoms with van der Waals surface area (Å²) in [5.41, 5.74) is 5.85. The van der Waals surface area contributed by atoms with Crippen LogP contribution in [0.3, 0.4) is 0 Å². The molecule has 0 unspecified atom stereocenters. The second-order valence-electron chi connectivity index (χ2n) is 4.70. The molecule has 0 aliphatic rings. The molecule has 1 aromatic heterocycles. The van der Waals surface area contributed by atoms with Gasteiger partial charge in [0, 0.05) is 44.4 Å². The molecule has 0 amide bonds. The van der Waals surface area contributed by atoms with Crippen molar-refractivity contribution in [3.8, 4) is 11.2 Å². The minimum Gasteiger partial charge on any atom is -0.326 e. The summed E-state index contributed by atoms with van der Waals surface area (Å²) >= 11 is 3.04. The summed E-state index contributed by atoms with van der Waals surface area (Å²) in [6.07, 6.45) is 1.03. The molecule has 128 valence electrons. The van der Waals surface area contributed by atoms with Crippen LogP contribution >= 0.6 is 41.5 Å². The Morgan fingerprint density at radius 3 is 2.38 bits per heavy atom. The van der Waals surface area contributed by atoms with Gasteiger partial charge in [-0.25, -0.2) is 16.8 Å². The van der Waals surface area contributed by atoms with Gasteiger partial charge in [0.1, 0.15) is 4.21 Å². The predicted octanol–water partition coefficient (Wildman–Crippen LogP) is 2.84. The third-order valence-electron chi connectivity index (χ3n) is 2.96. The maximum atomic E-state index is 12.8. The van der Waals surface area contributed by atoms with Gasteiger partial charge in [-0.1, -0.05) is 5.92 Å². The first-order valence-corrected chi connectivity index (χ1v) is 13.9. The Balaban J connectivity index is 2.68. The van der Waals surface area contributed by atoms with Gasteiger partial charge in [0.25, 0.3) is 0 Å². The van der Waals surface area contributed by atoms with Crippen LogP contribution in [0.15, 0.2) is 44.3 Å². The summed E-state index contributed by atoms with van der Waals surface area (Å²) in [4.78, 5) is 0.551. The Kier molecular flexibility index (Phi) is 6.38. The van der Waals surface area contributed by atoms with E-state index >= 15 is 0 Å². The van der Waals surface area contributed by atoms with Crippen LogP contribution < -0.4 is 5.73 Å². The standard InChI is InChI=1S/C14H12INO4S4/c1-23(17,18)12-6-10(4-5-21-15)7-13(8-12)24(19,20)14-3-2-11(9-16)22-14/h2-3,6-8H,9,16H2,1H3. The molecule has 0 aliphatic heterocycles. The molecule has 1 heterocycles. The topological polar surface area (TPSA) is 94.3 Å². The van der Waals surface area contributed by atoms with Crippen molar-refractivity contribution >= 4 is 61.2 Å². The van der Waals surface area contributed by atoms with Crippen molar-refractivity contribution in [2.75, 3.05) is 6.26 Å². The Bertz CT molecular complexity index is 1030. The van der Waals surface area contributed by atoms with E-state index in [9.17, 15) is 16.8 Å². The number of hydrogen-bond donors (Lipinski definition) is 1. The van der Waals surface area contributed by atoms with E-state index in [2.05, 4.69) is 11.2 Å². The van der Waals surface area contributed by atoms with Crippen LogP contribution in [-0.4, -0.2) is 23.1 Å². The van der Waals surface area contributed by atoms with Gasteiger partial charge in [0.05, 0.1) is 9.79 Å². The Labute approximate surface area is 161 Å². The molecule has 0 saturated heterocycles. The van der Waals surface area contributed by atoms with Crippen molar-refractivity contribution in [3.63, 3.8) is 0 Å². The Morgan fingerprint density at radius 2 is 1.83 bits per heavy atom. The fourth-order valence-electron chi connectivity index (χ4n) is 1.82. The largest absolute Gasteiger partial charge is 0.326 e. The molecule has 24 heavy (non-hydrogen) atoms. The highest BCUT2D eigenvalue weighted by Crippen LogP contribution is 2.29. The molecule has 0 saturated carbocycles. The van der Waals surface area contributed by atoms with E-state index in [1.807, 2.05) is 21.2 Å². The number of rotatable bonds is 4. The number of benzene rings is 1. The summed E-state index contributed by atoms with van der Waals surface area (Å²) < 4.78 is 49.4. The van der Waals surface area contributed by atoms with E-state index in [4.69, 9.17) is 5.73 Å². The third kappa shape index (κ3) is 4.53. The number of halogens is 1. The van der Waals surface area contributed by atoms with Gasteiger partial charge < -0.3 is 5.73 Å². The molecular formula is C14H12INO4S4. The molecule has 1 aromatic carbocycles. The smallest absolute Gasteiger partial charge is 0.216 e. The second kappa shape index (κ2) is 7.76. The zero-order chi connectivity index (χ0) is 18.0. The van der Waals surface area contributed by atoms with Crippen LogP contribution in [0, 0.1) is 11.2 Å². The molecule has 0 radical (unpaired) electrons. The lowest BCUT2D eigenvalue weighted by molar-refractivity contribution is 0.597. The summed E-state index contributed by atoms with van der Waals surface area (Å²) in [7, 11) is -6.18. The van der Waals surface area contributed by atoms with Crippen molar-refractivity contribution in [2.24, 2.45) is 5.73 Å². The quantitative estimate of drug-likeness (QED) is 0.499. The minimum atomic E-state index is -3.84. The lowest BCUT2D eigenvalue weighted by Gasteiger charge is -2.06. The minimum absolute atomic E-state index is 0.0815. The van der Waals surface area contributed by atoms with Gasteiger partial charge in [-0.3, -0.25) is 0 Å². The maximum absolute atomic E-state index is 12.8. The summed E-state index contributed by atoms with van der Waals surface area (Å²) in [5.74, 6) is 2.75. The summed E-state index contributed by atoms with van der Waals surface area (Å²) in [5, 5.41) is 2.72. The van der Waals surface area contributed by atoms with Gasteiger partial charge in [-0.2, -0.15) is 0 Å². The molecule has 2 aromatic rings.